The Hall–Kier alpha value is -4.71. The Bertz CT molecular complexity index is 1630. The third kappa shape index (κ3) is 4.14. The van der Waals surface area contributed by atoms with Gasteiger partial charge in [-0.15, -0.1) is 0 Å². The van der Waals surface area contributed by atoms with Crippen LogP contribution < -0.4 is 10.1 Å². The predicted molar refractivity (Wildman–Crippen MR) is 144 cm³/mol. The SMILES string of the molecule is COc1ccc([C@@H](CNc2nc(-c3cccnc3)nc3ccccc23)c2c[nH]c3ccccc23)cc1. The van der Waals surface area contributed by atoms with Crippen LogP contribution >= 0.6 is 0 Å². The van der Waals surface area contributed by atoms with E-state index in [0.29, 0.717) is 12.4 Å². The fourth-order valence-electron chi connectivity index (χ4n) is 4.66. The molecule has 3 aromatic heterocycles. The number of aromatic nitrogens is 4. The van der Waals surface area contributed by atoms with Crippen LogP contribution in [-0.4, -0.2) is 33.6 Å². The van der Waals surface area contributed by atoms with E-state index in [1.165, 1.54) is 16.5 Å². The van der Waals surface area contributed by atoms with Crippen molar-refractivity contribution in [3.63, 3.8) is 0 Å². The van der Waals surface area contributed by atoms with Crippen LogP contribution in [0, 0.1) is 0 Å². The number of H-pyrrole nitrogens is 1. The van der Waals surface area contributed by atoms with Crippen LogP contribution in [0.5, 0.6) is 5.75 Å². The van der Waals surface area contributed by atoms with Crippen LogP contribution in [-0.2, 0) is 0 Å². The fourth-order valence-corrected chi connectivity index (χ4v) is 4.66. The van der Waals surface area contributed by atoms with Crippen molar-refractivity contribution in [1.29, 1.82) is 0 Å². The van der Waals surface area contributed by atoms with Crippen LogP contribution in [0.1, 0.15) is 17.0 Å². The minimum absolute atomic E-state index is 0.0858. The average Bonchev–Trinajstić information content (AvgIpc) is 3.38. The highest BCUT2D eigenvalue weighted by Gasteiger charge is 2.19. The minimum Gasteiger partial charge on any atom is -0.497 e. The van der Waals surface area contributed by atoms with E-state index in [4.69, 9.17) is 14.7 Å². The lowest BCUT2D eigenvalue weighted by Crippen LogP contribution is -2.15. The zero-order chi connectivity index (χ0) is 24.3. The maximum absolute atomic E-state index is 5.40. The zero-order valence-electron chi connectivity index (χ0n) is 19.8. The largest absolute Gasteiger partial charge is 0.497 e. The molecular weight excluding hydrogens is 446 g/mol. The molecule has 1 atom stereocenters. The summed E-state index contributed by atoms with van der Waals surface area (Å²) in [5.41, 5.74) is 5.32. The molecule has 3 aromatic carbocycles. The molecule has 0 aliphatic carbocycles. The van der Waals surface area contributed by atoms with E-state index >= 15 is 0 Å². The van der Waals surface area contributed by atoms with Gasteiger partial charge in [0.15, 0.2) is 5.82 Å². The molecule has 6 nitrogen and oxygen atoms in total. The molecule has 0 fully saturated rings. The summed E-state index contributed by atoms with van der Waals surface area (Å²) in [6.07, 6.45) is 5.66. The first-order valence-electron chi connectivity index (χ1n) is 11.9. The van der Waals surface area contributed by atoms with Crippen molar-refractivity contribution < 1.29 is 4.74 Å². The number of nitrogens with one attached hydrogen (secondary N) is 2. The van der Waals surface area contributed by atoms with E-state index in [-0.39, 0.29) is 5.92 Å². The summed E-state index contributed by atoms with van der Waals surface area (Å²) in [7, 11) is 1.69. The van der Waals surface area contributed by atoms with Crippen LogP contribution in [0.4, 0.5) is 5.82 Å². The number of hydrogen-bond donors (Lipinski definition) is 2. The molecule has 0 saturated carbocycles. The highest BCUT2D eigenvalue weighted by atomic mass is 16.5. The van der Waals surface area contributed by atoms with Crippen molar-refractivity contribution in [3.05, 3.63) is 115 Å². The first-order chi connectivity index (χ1) is 17.8. The number of para-hydroxylation sites is 2. The molecule has 2 N–H and O–H groups in total. The molecule has 0 aliphatic rings. The smallest absolute Gasteiger partial charge is 0.163 e. The van der Waals surface area contributed by atoms with Crippen LogP contribution in [0.15, 0.2) is 104 Å². The molecule has 6 rings (SSSR count). The Balaban J connectivity index is 1.41. The summed E-state index contributed by atoms with van der Waals surface area (Å²) >= 11 is 0. The van der Waals surface area contributed by atoms with Gasteiger partial charge in [-0.3, -0.25) is 4.98 Å². The van der Waals surface area contributed by atoms with Crippen molar-refractivity contribution in [3.8, 4) is 17.1 Å². The highest BCUT2D eigenvalue weighted by Crippen LogP contribution is 2.33. The molecule has 176 valence electrons. The summed E-state index contributed by atoms with van der Waals surface area (Å²) < 4.78 is 5.40. The fraction of sp³-hybridized carbons (Fsp3) is 0.100. The van der Waals surface area contributed by atoms with Gasteiger partial charge in [0.2, 0.25) is 0 Å². The molecule has 0 aliphatic heterocycles. The number of ether oxygens (including phenoxy) is 1. The van der Waals surface area contributed by atoms with Crippen molar-refractivity contribution in [2.75, 3.05) is 19.0 Å². The molecule has 36 heavy (non-hydrogen) atoms. The Morgan fingerprint density at radius 1 is 0.861 bits per heavy atom. The van der Waals surface area contributed by atoms with Gasteiger partial charge in [-0.05, 0) is 53.6 Å². The van der Waals surface area contributed by atoms with Crippen LogP contribution in [0.3, 0.4) is 0 Å². The van der Waals surface area contributed by atoms with Gasteiger partial charge in [-0.1, -0.05) is 42.5 Å². The van der Waals surface area contributed by atoms with Crippen molar-refractivity contribution in [1.82, 2.24) is 19.9 Å². The predicted octanol–water partition coefficient (Wildman–Crippen LogP) is 6.43. The van der Waals surface area contributed by atoms with Crippen LogP contribution in [0.2, 0.25) is 0 Å². The second kappa shape index (κ2) is 9.50. The summed E-state index contributed by atoms with van der Waals surface area (Å²) in [6, 6.07) is 28.7. The first kappa shape index (κ1) is 21.8. The van der Waals surface area contributed by atoms with E-state index in [2.05, 4.69) is 63.9 Å². The molecule has 3 heterocycles. The number of benzene rings is 3. The zero-order valence-corrected chi connectivity index (χ0v) is 19.8. The maximum atomic E-state index is 5.40. The quantitative estimate of drug-likeness (QED) is 0.281. The molecule has 6 heteroatoms. The summed E-state index contributed by atoms with van der Waals surface area (Å²) in [4.78, 5) is 17.4. The van der Waals surface area contributed by atoms with Gasteiger partial charge in [0.25, 0.3) is 0 Å². The summed E-state index contributed by atoms with van der Waals surface area (Å²) in [5, 5.41) is 5.86. The number of pyridine rings is 1. The van der Waals surface area contributed by atoms with Gasteiger partial charge in [0, 0.05) is 52.9 Å². The van der Waals surface area contributed by atoms with Gasteiger partial charge >= 0.3 is 0 Å². The van der Waals surface area contributed by atoms with Crippen molar-refractivity contribution >= 4 is 27.6 Å². The molecule has 0 spiro atoms. The number of fused-ring (bicyclic) bond motifs is 2. The van der Waals surface area contributed by atoms with Gasteiger partial charge in [0.1, 0.15) is 11.6 Å². The number of nitrogens with zero attached hydrogens (tertiary/aromatic N) is 3. The monoisotopic (exact) mass is 471 g/mol. The Kier molecular flexibility index (Phi) is 5.75. The number of rotatable bonds is 7. The Morgan fingerprint density at radius 3 is 2.47 bits per heavy atom. The maximum Gasteiger partial charge on any atom is 0.163 e. The average molecular weight is 472 g/mol. The minimum atomic E-state index is 0.0858. The van der Waals surface area contributed by atoms with E-state index in [1.807, 2.05) is 42.5 Å². The summed E-state index contributed by atoms with van der Waals surface area (Å²) in [5.74, 6) is 2.38. The Labute approximate surface area is 209 Å². The van der Waals surface area contributed by atoms with E-state index in [9.17, 15) is 0 Å². The lowest BCUT2D eigenvalue weighted by molar-refractivity contribution is 0.414. The standard InChI is InChI=1S/C30H25N5O/c1-36-22-14-12-20(13-15-22)25(26-19-32-27-10-4-2-8-23(26)27)18-33-30-24-9-3-5-11-28(24)34-29(35-30)21-7-6-16-31-17-21/h2-17,19,25,32H,18H2,1H3,(H,33,34,35)/t25-/m1/s1. The topological polar surface area (TPSA) is 75.7 Å². The van der Waals surface area contributed by atoms with Crippen LogP contribution in [0.25, 0.3) is 33.2 Å². The molecule has 0 saturated heterocycles. The number of anilines is 1. The second-order valence-corrected chi connectivity index (χ2v) is 8.65. The second-order valence-electron chi connectivity index (χ2n) is 8.65. The lowest BCUT2D eigenvalue weighted by Gasteiger charge is -2.20. The lowest BCUT2D eigenvalue weighted by atomic mass is 9.90. The Morgan fingerprint density at radius 2 is 1.67 bits per heavy atom. The van der Waals surface area contributed by atoms with E-state index in [1.54, 1.807) is 19.5 Å². The molecule has 0 amide bonds. The molecule has 0 unspecified atom stereocenters. The normalized spacial score (nSPS) is 12.0. The molecular formula is C30H25N5O. The number of hydrogen-bond acceptors (Lipinski definition) is 5. The number of methoxy groups -OCH3 is 1. The van der Waals surface area contributed by atoms with Crippen molar-refractivity contribution in [2.45, 2.75) is 5.92 Å². The first-order valence-corrected chi connectivity index (χ1v) is 11.9. The highest BCUT2D eigenvalue weighted by molar-refractivity contribution is 5.90. The third-order valence-electron chi connectivity index (χ3n) is 6.51. The molecule has 0 radical (unpaired) electrons. The summed E-state index contributed by atoms with van der Waals surface area (Å²) in [6.45, 7) is 0.654. The van der Waals surface area contributed by atoms with Gasteiger partial charge in [0.05, 0.1) is 12.6 Å². The molecule has 0 bridgehead atoms. The van der Waals surface area contributed by atoms with Gasteiger partial charge in [-0.2, -0.15) is 0 Å². The van der Waals surface area contributed by atoms with Gasteiger partial charge in [-0.25, -0.2) is 9.97 Å². The number of aromatic amines is 1. The van der Waals surface area contributed by atoms with Crippen molar-refractivity contribution in [2.24, 2.45) is 0 Å². The van der Waals surface area contributed by atoms with E-state index < -0.39 is 0 Å². The third-order valence-corrected chi connectivity index (χ3v) is 6.51. The van der Waals surface area contributed by atoms with Gasteiger partial charge < -0.3 is 15.0 Å². The van der Waals surface area contributed by atoms with E-state index in [0.717, 1.165) is 33.6 Å². The molecule has 6 aromatic rings.